The summed E-state index contributed by atoms with van der Waals surface area (Å²) in [6.45, 7) is 20.7. The highest BCUT2D eigenvalue weighted by Gasteiger charge is 2.61. The van der Waals surface area contributed by atoms with E-state index in [4.69, 9.17) is 9.47 Å². The Morgan fingerprint density at radius 2 is 1.46 bits per heavy atom. The summed E-state index contributed by atoms with van der Waals surface area (Å²) < 4.78 is 13.0. The van der Waals surface area contributed by atoms with Gasteiger partial charge in [0.15, 0.2) is 5.79 Å². The van der Waals surface area contributed by atoms with Gasteiger partial charge in [-0.3, -0.25) is 0 Å². The number of nitrogens with zero attached hydrogens (tertiary/aromatic N) is 1. The van der Waals surface area contributed by atoms with E-state index < -0.39 is 5.79 Å². The van der Waals surface area contributed by atoms with Gasteiger partial charge in [-0.15, -0.1) is 0 Å². The van der Waals surface area contributed by atoms with Crippen LogP contribution in [0.3, 0.4) is 0 Å². The molecule has 144 valence electrons. The van der Waals surface area contributed by atoms with Crippen molar-refractivity contribution in [2.75, 3.05) is 13.2 Å². The van der Waals surface area contributed by atoms with E-state index in [2.05, 4.69) is 62.3 Å². The van der Waals surface area contributed by atoms with Crippen LogP contribution in [0.15, 0.2) is 0 Å². The minimum absolute atomic E-state index is 0.0668. The van der Waals surface area contributed by atoms with E-state index in [-0.39, 0.29) is 17.0 Å². The first-order valence-electron chi connectivity index (χ1n) is 9.74. The topological polar surface area (TPSA) is 41.9 Å². The minimum atomic E-state index is -0.650. The first-order chi connectivity index (χ1) is 11.0. The molecule has 0 aromatic rings. The highest BCUT2D eigenvalue weighted by Crippen LogP contribution is 2.51. The lowest BCUT2D eigenvalue weighted by molar-refractivity contribution is -0.377. The van der Waals surface area contributed by atoms with Gasteiger partial charge in [0.1, 0.15) is 0 Å². The van der Waals surface area contributed by atoms with E-state index in [9.17, 15) is 5.21 Å². The third kappa shape index (κ3) is 4.14. The average Bonchev–Trinajstić information content (AvgIpc) is 2.54. The summed E-state index contributed by atoms with van der Waals surface area (Å²) >= 11 is 0. The minimum Gasteiger partial charge on any atom is -0.349 e. The third-order valence-electron chi connectivity index (χ3n) is 6.01. The van der Waals surface area contributed by atoms with E-state index in [1.807, 2.05) is 0 Å². The Morgan fingerprint density at radius 1 is 1.00 bits per heavy atom. The molecule has 0 saturated carbocycles. The van der Waals surface area contributed by atoms with Gasteiger partial charge in [-0.2, -0.15) is 5.06 Å². The molecule has 1 N–H and O–H groups in total. The lowest BCUT2D eigenvalue weighted by Crippen LogP contribution is -2.72. The van der Waals surface area contributed by atoms with Gasteiger partial charge in [0.05, 0.1) is 18.8 Å². The number of piperidine rings is 1. The molecule has 1 fully saturated rings. The summed E-state index contributed by atoms with van der Waals surface area (Å²) in [6, 6.07) is 0. The maximum atomic E-state index is 11.0. The van der Waals surface area contributed by atoms with Gasteiger partial charge in [0.25, 0.3) is 0 Å². The molecule has 3 unspecified atom stereocenters. The molecule has 0 aromatic heterocycles. The second kappa shape index (κ2) is 8.03. The molecule has 0 aromatic carbocycles. The Kier molecular flexibility index (Phi) is 7.32. The molecule has 3 atom stereocenters. The summed E-state index contributed by atoms with van der Waals surface area (Å²) in [5.74, 6) is 0.315. The molecular weight excluding hydrogens is 302 g/mol. The summed E-state index contributed by atoms with van der Waals surface area (Å²) in [6.07, 6.45) is 2.38. The third-order valence-corrected chi connectivity index (χ3v) is 6.01. The van der Waals surface area contributed by atoms with Gasteiger partial charge in [0, 0.05) is 17.9 Å². The van der Waals surface area contributed by atoms with Crippen LogP contribution in [0, 0.1) is 17.8 Å². The molecule has 4 nitrogen and oxygen atoms in total. The van der Waals surface area contributed by atoms with E-state index in [0.717, 1.165) is 12.8 Å². The van der Waals surface area contributed by atoms with Gasteiger partial charge < -0.3 is 14.7 Å². The van der Waals surface area contributed by atoms with Gasteiger partial charge >= 0.3 is 0 Å². The average molecular weight is 344 g/mol. The number of hydrogen-bond donors (Lipinski definition) is 1. The number of hydroxylamine groups is 2. The molecular formula is C20H41NO3. The molecule has 0 amide bonds. The van der Waals surface area contributed by atoms with Crippen LogP contribution in [0.1, 0.15) is 81.6 Å². The number of ether oxygens (including phenoxy) is 2. The van der Waals surface area contributed by atoms with Gasteiger partial charge in [0.2, 0.25) is 0 Å². The van der Waals surface area contributed by atoms with Crippen LogP contribution in [-0.4, -0.2) is 40.3 Å². The monoisotopic (exact) mass is 343 g/mol. The first kappa shape index (κ1) is 21.9. The largest absolute Gasteiger partial charge is 0.349 e. The van der Waals surface area contributed by atoms with Crippen LogP contribution in [-0.2, 0) is 9.47 Å². The highest BCUT2D eigenvalue weighted by atomic mass is 16.7. The van der Waals surface area contributed by atoms with Crippen LogP contribution in [0.2, 0.25) is 0 Å². The van der Waals surface area contributed by atoms with Crippen LogP contribution in [0.5, 0.6) is 0 Å². The fourth-order valence-corrected chi connectivity index (χ4v) is 3.77. The van der Waals surface area contributed by atoms with Crippen molar-refractivity contribution in [1.29, 1.82) is 0 Å². The predicted molar refractivity (Wildman–Crippen MR) is 99.1 cm³/mol. The summed E-state index contributed by atoms with van der Waals surface area (Å²) in [5, 5.41) is 12.6. The first-order valence-corrected chi connectivity index (χ1v) is 9.74. The van der Waals surface area contributed by atoms with Gasteiger partial charge in [-0.1, -0.05) is 48.5 Å². The van der Waals surface area contributed by atoms with Crippen molar-refractivity contribution in [2.24, 2.45) is 17.8 Å². The summed E-state index contributed by atoms with van der Waals surface area (Å²) in [4.78, 5) is 0. The highest BCUT2D eigenvalue weighted by molar-refractivity contribution is 5.07. The fraction of sp³-hybridized carbons (Fsp3) is 1.00. The Labute approximate surface area is 149 Å². The van der Waals surface area contributed by atoms with E-state index in [1.54, 1.807) is 5.06 Å². The molecule has 0 spiro atoms. The normalized spacial score (nSPS) is 34.2. The number of hydrogen-bond acceptors (Lipinski definition) is 4. The molecule has 0 aliphatic carbocycles. The van der Waals surface area contributed by atoms with Gasteiger partial charge in [-0.05, 0) is 38.5 Å². The zero-order chi connectivity index (χ0) is 18.8. The smallest absolute Gasteiger partial charge is 0.174 e. The van der Waals surface area contributed by atoms with Gasteiger partial charge in [-0.25, -0.2) is 0 Å². The van der Waals surface area contributed by atoms with E-state index in [1.165, 1.54) is 0 Å². The molecule has 1 saturated heterocycles. The molecule has 1 heterocycles. The molecule has 1 aliphatic rings. The SMILES string of the molecule is CCC1(C)CC(OCC(C)C)(OCC(C)C)C(C)C(C)(CC)N1O. The van der Waals surface area contributed by atoms with Crippen molar-refractivity contribution < 1.29 is 14.7 Å². The Balaban J connectivity index is 3.30. The molecule has 0 radical (unpaired) electrons. The Bertz CT molecular complexity index is 386. The summed E-state index contributed by atoms with van der Waals surface area (Å²) in [7, 11) is 0. The summed E-state index contributed by atoms with van der Waals surface area (Å²) in [5.41, 5.74) is -0.734. The van der Waals surface area contributed by atoms with Crippen molar-refractivity contribution >= 4 is 0 Å². The fourth-order valence-electron chi connectivity index (χ4n) is 3.77. The molecule has 0 bridgehead atoms. The van der Waals surface area contributed by atoms with Crippen molar-refractivity contribution in [3.8, 4) is 0 Å². The zero-order valence-electron chi connectivity index (χ0n) is 17.5. The molecule has 1 rings (SSSR count). The second-order valence-electron chi connectivity index (χ2n) is 8.99. The van der Waals surface area contributed by atoms with Crippen LogP contribution in [0.25, 0.3) is 0 Å². The van der Waals surface area contributed by atoms with Crippen LogP contribution < -0.4 is 0 Å². The maximum Gasteiger partial charge on any atom is 0.174 e. The van der Waals surface area contributed by atoms with Crippen molar-refractivity contribution in [1.82, 2.24) is 5.06 Å². The zero-order valence-corrected chi connectivity index (χ0v) is 17.5. The van der Waals surface area contributed by atoms with Crippen molar-refractivity contribution in [3.63, 3.8) is 0 Å². The lowest BCUT2D eigenvalue weighted by Gasteiger charge is -2.61. The quantitative estimate of drug-likeness (QED) is 0.623. The maximum absolute atomic E-state index is 11.0. The number of rotatable bonds is 8. The second-order valence-corrected chi connectivity index (χ2v) is 8.99. The predicted octanol–water partition coefficient (Wildman–Crippen LogP) is 5.10. The Morgan fingerprint density at radius 3 is 1.79 bits per heavy atom. The molecule has 24 heavy (non-hydrogen) atoms. The Hall–Kier alpha value is -0.160. The van der Waals surface area contributed by atoms with E-state index >= 15 is 0 Å². The van der Waals surface area contributed by atoms with Crippen LogP contribution >= 0.6 is 0 Å². The lowest BCUT2D eigenvalue weighted by atomic mass is 9.67. The van der Waals surface area contributed by atoms with Crippen LogP contribution in [0.4, 0.5) is 0 Å². The molecule has 4 heteroatoms. The standard InChI is InChI=1S/C20H41NO3/c1-10-18(8)14-20(23-12-15(3)4,24-13-16(5)6)17(7)19(9,11-2)21(18)22/h15-17,22H,10-14H2,1-9H3. The van der Waals surface area contributed by atoms with Crippen molar-refractivity contribution in [2.45, 2.75) is 98.4 Å². The van der Waals surface area contributed by atoms with E-state index in [0.29, 0.717) is 31.5 Å². The van der Waals surface area contributed by atoms with Crippen molar-refractivity contribution in [3.05, 3.63) is 0 Å². The molecule has 1 aliphatic heterocycles.